The zero-order valence-electron chi connectivity index (χ0n) is 11.6. The Kier molecular flexibility index (Phi) is 3.31. The molecule has 5 nitrogen and oxygen atoms in total. The number of carbonyl (C=O) groups excluding carboxylic acids is 1. The summed E-state index contributed by atoms with van der Waals surface area (Å²) < 4.78 is 5.12. The fraction of sp³-hybridized carbons (Fsp3) is 0.714. The molecule has 104 valence electrons. The number of nitrogens with zero attached hydrogens (tertiary/aromatic N) is 2. The van der Waals surface area contributed by atoms with Gasteiger partial charge in [-0.15, -0.1) is 0 Å². The molecular weight excluding hydrogens is 242 g/mol. The van der Waals surface area contributed by atoms with E-state index in [4.69, 9.17) is 4.52 Å². The summed E-state index contributed by atoms with van der Waals surface area (Å²) in [6.45, 7) is 5.53. The number of hydrogen-bond acceptors (Lipinski definition) is 4. The Morgan fingerprint density at radius 3 is 2.74 bits per heavy atom. The van der Waals surface area contributed by atoms with Crippen molar-refractivity contribution in [2.45, 2.75) is 51.6 Å². The molecule has 2 aliphatic rings. The van der Waals surface area contributed by atoms with Crippen molar-refractivity contribution in [3.63, 3.8) is 0 Å². The average Bonchev–Trinajstić information content (AvgIpc) is 2.99. The zero-order chi connectivity index (χ0) is 13.4. The van der Waals surface area contributed by atoms with Crippen molar-refractivity contribution in [1.29, 1.82) is 0 Å². The molecule has 0 aromatic carbocycles. The van der Waals surface area contributed by atoms with Gasteiger partial charge in [-0.1, -0.05) is 5.16 Å². The Hall–Kier alpha value is -1.36. The third-order valence-corrected chi connectivity index (χ3v) is 4.08. The van der Waals surface area contributed by atoms with Gasteiger partial charge in [0.25, 0.3) is 5.91 Å². The minimum Gasteiger partial charge on any atom is -0.361 e. The van der Waals surface area contributed by atoms with Crippen LogP contribution in [0.25, 0.3) is 0 Å². The van der Waals surface area contributed by atoms with Gasteiger partial charge in [-0.25, -0.2) is 0 Å². The van der Waals surface area contributed by atoms with Crippen LogP contribution in [-0.2, 0) is 0 Å². The number of aryl methyl sites for hydroxylation is 2. The van der Waals surface area contributed by atoms with Crippen LogP contribution in [0.3, 0.4) is 0 Å². The molecule has 2 heterocycles. The highest BCUT2D eigenvalue weighted by molar-refractivity contribution is 5.96. The third-order valence-electron chi connectivity index (χ3n) is 4.08. The molecule has 0 bridgehead atoms. The fourth-order valence-electron chi connectivity index (χ4n) is 2.87. The lowest BCUT2D eigenvalue weighted by Gasteiger charge is -2.25. The van der Waals surface area contributed by atoms with Gasteiger partial charge in [-0.05, 0) is 46.1 Å². The van der Waals surface area contributed by atoms with Gasteiger partial charge in [0.1, 0.15) is 11.3 Å². The Bertz CT molecular complexity index is 454. The Balaban J connectivity index is 1.77. The highest BCUT2D eigenvalue weighted by Crippen LogP contribution is 2.30. The van der Waals surface area contributed by atoms with Crippen molar-refractivity contribution in [2.75, 3.05) is 13.1 Å². The average molecular weight is 263 g/mol. The van der Waals surface area contributed by atoms with Crippen LogP contribution in [0, 0.1) is 13.8 Å². The summed E-state index contributed by atoms with van der Waals surface area (Å²) >= 11 is 0. The van der Waals surface area contributed by atoms with E-state index in [-0.39, 0.29) is 5.91 Å². The Morgan fingerprint density at radius 1 is 1.42 bits per heavy atom. The summed E-state index contributed by atoms with van der Waals surface area (Å²) in [7, 11) is 0. The molecule has 1 N–H and O–H groups in total. The SMILES string of the molecule is Cc1noc(C)c1C(=O)N(CC1CCCN1)C1CC1. The van der Waals surface area contributed by atoms with Gasteiger partial charge in [-0.2, -0.15) is 0 Å². The highest BCUT2D eigenvalue weighted by atomic mass is 16.5. The summed E-state index contributed by atoms with van der Waals surface area (Å²) in [6, 6.07) is 0.869. The minimum atomic E-state index is 0.0902. The van der Waals surface area contributed by atoms with Gasteiger partial charge in [0, 0.05) is 18.6 Å². The lowest BCUT2D eigenvalue weighted by molar-refractivity contribution is 0.0726. The van der Waals surface area contributed by atoms with Crippen LogP contribution in [-0.4, -0.2) is 41.1 Å². The molecule has 2 fully saturated rings. The Labute approximate surface area is 113 Å². The minimum absolute atomic E-state index is 0.0902. The molecule has 1 aromatic rings. The van der Waals surface area contributed by atoms with E-state index in [1.807, 2.05) is 18.7 Å². The molecule has 1 aliphatic carbocycles. The number of aromatic nitrogens is 1. The number of amides is 1. The summed E-state index contributed by atoms with van der Waals surface area (Å²) in [5.41, 5.74) is 1.36. The first-order valence-corrected chi connectivity index (χ1v) is 7.14. The molecule has 1 aliphatic heterocycles. The molecule has 0 spiro atoms. The van der Waals surface area contributed by atoms with Crippen LogP contribution in [0.4, 0.5) is 0 Å². The molecule has 1 aromatic heterocycles. The Morgan fingerprint density at radius 2 is 2.21 bits per heavy atom. The van der Waals surface area contributed by atoms with Crippen LogP contribution in [0.2, 0.25) is 0 Å². The highest BCUT2D eigenvalue weighted by Gasteiger charge is 2.36. The molecule has 3 rings (SSSR count). The van der Waals surface area contributed by atoms with Crippen LogP contribution in [0.15, 0.2) is 4.52 Å². The predicted octanol–water partition coefficient (Wildman–Crippen LogP) is 1.65. The van der Waals surface area contributed by atoms with E-state index in [1.54, 1.807) is 0 Å². The van der Waals surface area contributed by atoms with Gasteiger partial charge in [0.05, 0.1) is 5.69 Å². The second-order valence-electron chi connectivity index (χ2n) is 5.68. The van der Waals surface area contributed by atoms with Crippen molar-refractivity contribution < 1.29 is 9.32 Å². The lowest BCUT2D eigenvalue weighted by atomic mass is 10.1. The first kappa shape index (κ1) is 12.7. The van der Waals surface area contributed by atoms with E-state index in [2.05, 4.69) is 10.5 Å². The molecule has 1 saturated carbocycles. The normalized spacial score (nSPS) is 22.7. The van der Waals surface area contributed by atoms with Crippen molar-refractivity contribution >= 4 is 5.91 Å². The van der Waals surface area contributed by atoms with Crippen molar-refractivity contribution in [3.05, 3.63) is 17.0 Å². The number of carbonyl (C=O) groups is 1. The molecule has 5 heteroatoms. The van der Waals surface area contributed by atoms with Crippen LogP contribution in [0.5, 0.6) is 0 Å². The van der Waals surface area contributed by atoms with Gasteiger partial charge in [-0.3, -0.25) is 4.79 Å². The maximum Gasteiger partial charge on any atom is 0.259 e. The largest absolute Gasteiger partial charge is 0.361 e. The standard InChI is InChI=1S/C14H21N3O2/c1-9-13(10(2)19-16-9)14(18)17(12-5-6-12)8-11-4-3-7-15-11/h11-12,15H,3-8H2,1-2H3. The van der Waals surface area contributed by atoms with Crippen LogP contribution in [0.1, 0.15) is 47.5 Å². The predicted molar refractivity (Wildman–Crippen MR) is 71.1 cm³/mol. The zero-order valence-corrected chi connectivity index (χ0v) is 11.6. The van der Waals surface area contributed by atoms with Crippen LogP contribution >= 0.6 is 0 Å². The number of rotatable bonds is 4. The first-order valence-electron chi connectivity index (χ1n) is 7.14. The number of hydrogen-bond donors (Lipinski definition) is 1. The summed E-state index contributed by atoms with van der Waals surface area (Å²) in [5, 5.41) is 7.36. The maximum absolute atomic E-state index is 12.7. The smallest absolute Gasteiger partial charge is 0.259 e. The first-order chi connectivity index (χ1) is 9.16. The second kappa shape index (κ2) is 4.96. The van der Waals surface area contributed by atoms with Crippen molar-refractivity contribution in [1.82, 2.24) is 15.4 Å². The van der Waals surface area contributed by atoms with Crippen LogP contribution < -0.4 is 5.32 Å². The quantitative estimate of drug-likeness (QED) is 0.897. The topological polar surface area (TPSA) is 58.4 Å². The van der Waals surface area contributed by atoms with Crippen molar-refractivity contribution in [2.24, 2.45) is 0 Å². The molecular formula is C14H21N3O2. The molecule has 0 radical (unpaired) electrons. The monoisotopic (exact) mass is 263 g/mol. The van der Waals surface area contributed by atoms with Gasteiger partial charge in [0.2, 0.25) is 0 Å². The summed E-state index contributed by atoms with van der Waals surface area (Å²) in [5.74, 6) is 0.722. The second-order valence-corrected chi connectivity index (χ2v) is 5.68. The van der Waals surface area contributed by atoms with E-state index in [9.17, 15) is 4.79 Å². The summed E-state index contributed by atoms with van der Waals surface area (Å²) in [4.78, 5) is 14.7. The lowest BCUT2D eigenvalue weighted by Crippen LogP contribution is -2.42. The molecule has 1 saturated heterocycles. The third kappa shape index (κ3) is 2.52. The van der Waals surface area contributed by atoms with Gasteiger partial charge in [0.15, 0.2) is 0 Å². The number of nitrogens with one attached hydrogen (secondary N) is 1. The van der Waals surface area contributed by atoms with Gasteiger partial charge < -0.3 is 14.7 Å². The van der Waals surface area contributed by atoms with Gasteiger partial charge >= 0.3 is 0 Å². The molecule has 1 atom stereocenters. The summed E-state index contributed by atoms with van der Waals surface area (Å²) in [6.07, 6.45) is 4.63. The fourth-order valence-corrected chi connectivity index (χ4v) is 2.87. The van der Waals surface area contributed by atoms with E-state index in [0.717, 1.165) is 32.4 Å². The van der Waals surface area contributed by atoms with E-state index < -0.39 is 0 Å². The van der Waals surface area contributed by atoms with E-state index in [1.165, 1.54) is 6.42 Å². The molecule has 19 heavy (non-hydrogen) atoms. The maximum atomic E-state index is 12.7. The molecule has 1 amide bonds. The van der Waals surface area contributed by atoms with Crippen molar-refractivity contribution in [3.8, 4) is 0 Å². The molecule has 1 unspecified atom stereocenters. The van der Waals surface area contributed by atoms with E-state index >= 15 is 0 Å². The van der Waals surface area contributed by atoms with E-state index in [0.29, 0.717) is 29.1 Å².